The molecule has 0 spiro atoms. The fourth-order valence-corrected chi connectivity index (χ4v) is 4.24. The molecule has 5 nitrogen and oxygen atoms in total. The SMILES string of the molecule is CC(C)(CC1Cc2ccccc2C1)NC[C@@H](O)COc1ccc(CCC(=O)O)cc1. The van der Waals surface area contributed by atoms with E-state index >= 15 is 0 Å². The van der Waals surface area contributed by atoms with Gasteiger partial charge in [-0.05, 0) is 74.3 Å². The Morgan fingerprint density at radius 1 is 1.13 bits per heavy atom. The molecule has 2 aromatic rings. The van der Waals surface area contributed by atoms with Crippen LogP contribution >= 0.6 is 0 Å². The Morgan fingerprint density at radius 2 is 1.77 bits per heavy atom. The highest BCUT2D eigenvalue weighted by Crippen LogP contribution is 2.31. The maximum Gasteiger partial charge on any atom is 0.303 e. The normalized spacial score (nSPS) is 15.0. The number of nitrogens with one attached hydrogen (secondary N) is 1. The van der Waals surface area contributed by atoms with E-state index in [1.165, 1.54) is 11.1 Å². The van der Waals surface area contributed by atoms with E-state index in [-0.39, 0.29) is 18.6 Å². The molecule has 0 heterocycles. The molecule has 0 aromatic heterocycles. The van der Waals surface area contributed by atoms with E-state index in [1.807, 2.05) is 24.3 Å². The van der Waals surface area contributed by atoms with Gasteiger partial charge in [0.25, 0.3) is 0 Å². The Bertz CT molecular complexity index is 806. The molecule has 0 bridgehead atoms. The van der Waals surface area contributed by atoms with Crippen LogP contribution in [0.25, 0.3) is 0 Å². The van der Waals surface area contributed by atoms with Crippen LogP contribution < -0.4 is 10.1 Å². The summed E-state index contributed by atoms with van der Waals surface area (Å²) in [6.45, 7) is 5.08. The number of carboxylic acid groups (broad SMARTS) is 1. The van der Waals surface area contributed by atoms with Gasteiger partial charge in [-0.3, -0.25) is 4.79 Å². The molecule has 0 amide bonds. The largest absolute Gasteiger partial charge is 0.491 e. The molecular weight excluding hydrogens is 378 g/mol. The second-order valence-electron chi connectivity index (χ2n) is 9.01. The fraction of sp³-hybridized carbons (Fsp3) is 0.480. The van der Waals surface area contributed by atoms with Crippen LogP contribution in [0.15, 0.2) is 48.5 Å². The number of aryl methyl sites for hydroxylation is 1. The molecule has 1 aliphatic rings. The zero-order chi connectivity index (χ0) is 21.6. The first-order valence-corrected chi connectivity index (χ1v) is 10.7. The fourth-order valence-electron chi connectivity index (χ4n) is 4.24. The summed E-state index contributed by atoms with van der Waals surface area (Å²) in [5, 5.41) is 22.6. The zero-order valence-corrected chi connectivity index (χ0v) is 17.9. The van der Waals surface area contributed by atoms with Gasteiger partial charge in [0.1, 0.15) is 18.5 Å². The van der Waals surface area contributed by atoms with E-state index in [0.29, 0.717) is 24.6 Å². The number of carbonyl (C=O) groups is 1. The van der Waals surface area contributed by atoms with Crippen LogP contribution in [-0.4, -0.2) is 41.0 Å². The summed E-state index contributed by atoms with van der Waals surface area (Å²) in [6, 6.07) is 16.1. The van der Waals surface area contributed by atoms with Crippen LogP contribution in [0.2, 0.25) is 0 Å². The molecule has 0 radical (unpaired) electrons. The standard InChI is InChI=1S/C25H33NO4/c1-25(2,15-19-13-20-5-3-4-6-21(20)14-19)26-16-22(27)17-30-23-10-7-18(8-11-23)9-12-24(28)29/h3-8,10-11,19,22,26-27H,9,12-17H2,1-2H3,(H,28,29)/t22-/m1/s1. The van der Waals surface area contributed by atoms with Crippen LogP contribution in [-0.2, 0) is 24.1 Å². The Kier molecular flexibility index (Phi) is 7.51. The molecule has 1 aliphatic carbocycles. The van der Waals surface area contributed by atoms with E-state index < -0.39 is 12.1 Å². The number of aliphatic hydroxyl groups is 1. The van der Waals surface area contributed by atoms with Gasteiger partial charge in [-0.1, -0.05) is 36.4 Å². The molecule has 0 saturated carbocycles. The van der Waals surface area contributed by atoms with Crippen molar-refractivity contribution >= 4 is 5.97 Å². The number of rotatable bonds is 11. The van der Waals surface area contributed by atoms with Crippen molar-refractivity contribution in [2.45, 2.75) is 57.6 Å². The van der Waals surface area contributed by atoms with Crippen molar-refractivity contribution < 1.29 is 19.7 Å². The molecule has 0 unspecified atom stereocenters. The van der Waals surface area contributed by atoms with Crippen LogP contribution in [0.3, 0.4) is 0 Å². The highest BCUT2D eigenvalue weighted by molar-refractivity contribution is 5.67. The molecular formula is C25H33NO4. The monoisotopic (exact) mass is 411 g/mol. The zero-order valence-electron chi connectivity index (χ0n) is 17.9. The van der Waals surface area contributed by atoms with Gasteiger partial charge in [0.2, 0.25) is 0 Å². The Labute approximate surface area is 179 Å². The van der Waals surface area contributed by atoms with Gasteiger partial charge in [0, 0.05) is 18.5 Å². The number of hydrogen-bond acceptors (Lipinski definition) is 4. The molecule has 1 atom stereocenters. The van der Waals surface area contributed by atoms with Crippen molar-refractivity contribution in [2.24, 2.45) is 5.92 Å². The van der Waals surface area contributed by atoms with Crippen LogP contribution in [0.1, 0.15) is 43.4 Å². The minimum absolute atomic E-state index is 0.0561. The average molecular weight is 412 g/mol. The number of β-amino-alcohol motifs (C(OH)–C–C–N with tert-alkyl or cyclic N) is 1. The molecule has 2 aromatic carbocycles. The number of fused-ring (bicyclic) bond motifs is 1. The smallest absolute Gasteiger partial charge is 0.303 e. The lowest BCUT2D eigenvalue weighted by molar-refractivity contribution is -0.136. The third-order valence-corrected chi connectivity index (χ3v) is 5.74. The van der Waals surface area contributed by atoms with Gasteiger partial charge >= 0.3 is 5.97 Å². The molecule has 5 heteroatoms. The second kappa shape index (κ2) is 10.1. The molecule has 3 N–H and O–H groups in total. The van der Waals surface area contributed by atoms with E-state index in [9.17, 15) is 9.90 Å². The van der Waals surface area contributed by atoms with Crippen molar-refractivity contribution in [3.05, 3.63) is 65.2 Å². The quantitative estimate of drug-likeness (QED) is 0.526. The summed E-state index contributed by atoms with van der Waals surface area (Å²) in [5.41, 5.74) is 3.85. The Balaban J connectivity index is 1.37. The summed E-state index contributed by atoms with van der Waals surface area (Å²) < 4.78 is 5.68. The third-order valence-electron chi connectivity index (χ3n) is 5.74. The van der Waals surface area contributed by atoms with Gasteiger partial charge in [-0.2, -0.15) is 0 Å². The molecule has 0 aliphatic heterocycles. The molecule has 0 saturated heterocycles. The van der Waals surface area contributed by atoms with Crippen molar-refractivity contribution in [1.82, 2.24) is 5.32 Å². The number of hydrogen-bond donors (Lipinski definition) is 3. The Hall–Kier alpha value is -2.37. The third kappa shape index (κ3) is 6.85. The van der Waals surface area contributed by atoms with Crippen LogP contribution in [0, 0.1) is 5.92 Å². The average Bonchev–Trinajstić information content (AvgIpc) is 3.11. The number of ether oxygens (including phenoxy) is 1. The highest BCUT2D eigenvalue weighted by atomic mass is 16.5. The number of aliphatic hydroxyl groups excluding tert-OH is 1. The molecule has 162 valence electrons. The van der Waals surface area contributed by atoms with Crippen molar-refractivity contribution in [3.8, 4) is 5.75 Å². The lowest BCUT2D eigenvalue weighted by atomic mass is 9.88. The number of benzene rings is 2. The predicted octanol–water partition coefficient (Wildman–Crippen LogP) is 3.62. The van der Waals surface area contributed by atoms with E-state index in [0.717, 1.165) is 24.8 Å². The van der Waals surface area contributed by atoms with Gasteiger partial charge in [0.05, 0.1) is 0 Å². The minimum atomic E-state index is -0.800. The lowest BCUT2D eigenvalue weighted by Gasteiger charge is -2.30. The predicted molar refractivity (Wildman–Crippen MR) is 118 cm³/mol. The van der Waals surface area contributed by atoms with Gasteiger partial charge < -0.3 is 20.3 Å². The maximum atomic E-state index is 10.6. The lowest BCUT2D eigenvalue weighted by Crippen LogP contribution is -2.46. The first-order valence-electron chi connectivity index (χ1n) is 10.7. The second-order valence-corrected chi connectivity index (χ2v) is 9.01. The maximum absolute atomic E-state index is 10.6. The van der Waals surface area contributed by atoms with Crippen molar-refractivity contribution in [1.29, 1.82) is 0 Å². The van der Waals surface area contributed by atoms with Crippen LogP contribution in [0.5, 0.6) is 5.75 Å². The summed E-state index contributed by atoms with van der Waals surface area (Å²) in [7, 11) is 0. The van der Waals surface area contributed by atoms with Gasteiger partial charge in [0.15, 0.2) is 0 Å². The number of carboxylic acids is 1. The van der Waals surface area contributed by atoms with Gasteiger partial charge in [-0.15, -0.1) is 0 Å². The van der Waals surface area contributed by atoms with E-state index in [1.54, 1.807) is 0 Å². The Morgan fingerprint density at radius 3 is 2.37 bits per heavy atom. The summed E-state index contributed by atoms with van der Waals surface area (Å²) in [4.78, 5) is 10.6. The first kappa shape index (κ1) is 22.3. The summed E-state index contributed by atoms with van der Waals surface area (Å²) >= 11 is 0. The summed E-state index contributed by atoms with van der Waals surface area (Å²) in [5.74, 6) is 0.514. The minimum Gasteiger partial charge on any atom is -0.491 e. The van der Waals surface area contributed by atoms with Crippen molar-refractivity contribution in [3.63, 3.8) is 0 Å². The molecule has 0 fully saturated rings. The van der Waals surface area contributed by atoms with Crippen molar-refractivity contribution in [2.75, 3.05) is 13.2 Å². The van der Waals surface area contributed by atoms with E-state index in [4.69, 9.17) is 9.84 Å². The van der Waals surface area contributed by atoms with E-state index in [2.05, 4.69) is 43.4 Å². The molecule has 3 rings (SSSR count). The number of aliphatic carboxylic acids is 1. The molecule has 30 heavy (non-hydrogen) atoms. The summed E-state index contributed by atoms with van der Waals surface area (Å²) in [6.07, 6.45) is 3.35. The first-order chi connectivity index (χ1) is 14.3. The van der Waals surface area contributed by atoms with Gasteiger partial charge in [-0.25, -0.2) is 0 Å². The van der Waals surface area contributed by atoms with Crippen LogP contribution in [0.4, 0.5) is 0 Å². The topological polar surface area (TPSA) is 78.8 Å². The highest BCUT2D eigenvalue weighted by Gasteiger charge is 2.28.